The summed E-state index contributed by atoms with van der Waals surface area (Å²) in [5.41, 5.74) is 1.58. The smallest absolute Gasteiger partial charge is 0.226 e. The molecule has 0 saturated heterocycles. The molecule has 6 nitrogen and oxygen atoms in total. The quantitative estimate of drug-likeness (QED) is 0.706. The molecule has 2 aromatic heterocycles. The molecule has 0 unspecified atom stereocenters. The highest BCUT2D eigenvalue weighted by Gasteiger charge is 2.14. The Kier molecular flexibility index (Phi) is 3.99. The highest BCUT2D eigenvalue weighted by molar-refractivity contribution is 5.83. The van der Waals surface area contributed by atoms with Gasteiger partial charge in [-0.1, -0.05) is 25.7 Å². The van der Waals surface area contributed by atoms with Crippen LogP contribution in [-0.4, -0.2) is 33.5 Å². The second-order valence-electron chi connectivity index (χ2n) is 5.47. The molecule has 0 radical (unpaired) electrons. The SMILES string of the molecule is CNc1nc(NCCCC2CCCC2)c2[nH]cnc2n1. The van der Waals surface area contributed by atoms with E-state index in [4.69, 9.17) is 0 Å². The highest BCUT2D eigenvalue weighted by Crippen LogP contribution is 2.28. The number of aromatic nitrogens is 4. The van der Waals surface area contributed by atoms with E-state index in [2.05, 4.69) is 30.6 Å². The molecule has 1 saturated carbocycles. The van der Waals surface area contributed by atoms with Gasteiger partial charge >= 0.3 is 0 Å². The first-order valence-corrected chi connectivity index (χ1v) is 7.49. The molecular weight excluding hydrogens is 252 g/mol. The van der Waals surface area contributed by atoms with Crippen molar-refractivity contribution < 1.29 is 0 Å². The van der Waals surface area contributed by atoms with E-state index in [1.807, 2.05) is 7.05 Å². The number of hydrogen-bond acceptors (Lipinski definition) is 5. The van der Waals surface area contributed by atoms with E-state index < -0.39 is 0 Å². The summed E-state index contributed by atoms with van der Waals surface area (Å²) < 4.78 is 0. The maximum absolute atomic E-state index is 4.46. The molecule has 3 rings (SSSR count). The first-order chi connectivity index (χ1) is 9.86. The van der Waals surface area contributed by atoms with Crippen molar-refractivity contribution in [1.82, 2.24) is 19.9 Å². The number of nitrogens with one attached hydrogen (secondary N) is 3. The molecular formula is C14H22N6. The summed E-state index contributed by atoms with van der Waals surface area (Å²) in [6, 6.07) is 0. The predicted octanol–water partition coefficient (Wildman–Crippen LogP) is 2.78. The van der Waals surface area contributed by atoms with Gasteiger partial charge in [0.15, 0.2) is 11.5 Å². The van der Waals surface area contributed by atoms with E-state index in [0.29, 0.717) is 11.6 Å². The van der Waals surface area contributed by atoms with Crippen molar-refractivity contribution in [3.8, 4) is 0 Å². The van der Waals surface area contributed by atoms with E-state index >= 15 is 0 Å². The van der Waals surface area contributed by atoms with Crippen molar-refractivity contribution in [1.29, 1.82) is 0 Å². The Labute approximate surface area is 118 Å². The largest absolute Gasteiger partial charge is 0.368 e. The van der Waals surface area contributed by atoms with E-state index in [9.17, 15) is 0 Å². The number of nitrogens with zero attached hydrogens (tertiary/aromatic N) is 3. The van der Waals surface area contributed by atoms with Gasteiger partial charge in [-0.05, 0) is 18.8 Å². The van der Waals surface area contributed by atoms with Gasteiger partial charge in [0.25, 0.3) is 0 Å². The zero-order valence-corrected chi connectivity index (χ0v) is 11.9. The molecule has 0 bridgehead atoms. The second-order valence-corrected chi connectivity index (χ2v) is 5.47. The summed E-state index contributed by atoms with van der Waals surface area (Å²) in [4.78, 5) is 16.0. The fourth-order valence-electron chi connectivity index (χ4n) is 2.97. The molecule has 0 atom stereocenters. The summed E-state index contributed by atoms with van der Waals surface area (Å²) in [7, 11) is 1.82. The standard InChI is InChI=1S/C14H22N6/c1-15-14-19-12(11-13(20-14)18-9-17-11)16-8-4-7-10-5-2-3-6-10/h9-10H,2-8H2,1H3,(H3,15,16,17,18,19,20). The van der Waals surface area contributed by atoms with Crippen LogP contribution in [0.4, 0.5) is 11.8 Å². The first-order valence-electron chi connectivity index (χ1n) is 7.49. The molecule has 20 heavy (non-hydrogen) atoms. The minimum atomic E-state index is 0.600. The average Bonchev–Trinajstić information content (AvgIpc) is 3.13. The van der Waals surface area contributed by atoms with Crippen molar-refractivity contribution in [2.75, 3.05) is 24.2 Å². The van der Waals surface area contributed by atoms with E-state index in [0.717, 1.165) is 23.8 Å². The minimum absolute atomic E-state index is 0.600. The fourth-order valence-corrected chi connectivity index (χ4v) is 2.97. The Morgan fingerprint density at radius 1 is 1.30 bits per heavy atom. The van der Waals surface area contributed by atoms with Gasteiger partial charge in [0.1, 0.15) is 5.52 Å². The van der Waals surface area contributed by atoms with Gasteiger partial charge in [-0.15, -0.1) is 0 Å². The molecule has 1 fully saturated rings. The van der Waals surface area contributed by atoms with Gasteiger partial charge in [0, 0.05) is 13.6 Å². The van der Waals surface area contributed by atoms with E-state index in [-0.39, 0.29) is 0 Å². The summed E-state index contributed by atoms with van der Waals surface area (Å²) in [5.74, 6) is 2.38. The Morgan fingerprint density at radius 3 is 2.95 bits per heavy atom. The number of aromatic amines is 1. The van der Waals surface area contributed by atoms with Crippen LogP contribution in [0.5, 0.6) is 0 Å². The minimum Gasteiger partial charge on any atom is -0.368 e. The Morgan fingerprint density at radius 2 is 2.15 bits per heavy atom. The zero-order chi connectivity index (χ0) is 13.8. The lowest BCUT2D eigenvalue weighted by Crippen LogP contribution is -2.08. The third-order valence-corrected chi connectivity index (χ3v) is 4.07. The van der Waals surface area contributed by atoms with Gasteiger partial charge < -0.3 is 15.6 Å². The third-order valence-electron chi connectivity index (χ3n) is 4.07. The number of anilines is 2. The summed E-state index contributed by atoms with van der Waals surface area (Å²) in [6.45, 7) is 0.949. The lowest BCUT2D eigenvalue weighted by Gasteiger charge is -2.10. The van der Waals surface area contributed by atoms with E-state index in [1.165, 1.54) is 38.5 Å². The Bertz CT molecular complexity index is 558. The average molecular weight is 274 g/mol. The molecule has 1 aliphatic carbocycles. The molecule has 1 aliphatic rings. The number of rotatable bonds is 6. The molecule has 0 spiro atoms. The number of fused-ring (bicyclic) bond motifs is 1. The van der Waals surface area contributed by atoms with Crippen LogP contribution < -0.4 is 10.6 Å². The van der Waals surface area contributed by atoms with Gasteiger partial charge in [-0.3, -0.25) is 0 Å². The molecule has 0 aliphatic heterocycles. The molecule has 0 amide bonds. The third kappa shape index (κ3) is 2.84. The summed E-state index contributed by atoms with van der Waals surface area (Å²) >= 11 is 0. The summed E-state index contributed by atoms with van der Waals surface area (Å²) in [5, 5.41) is 6.38. The number of imidazole rings is 1. The monoisotopic (exact) mass is 274 g/mol. The van der Waals surface area contributed by atoms with Crippen molar-refractivity contribution in [2.24, 2.45) is 5.92 Å². The fraction of sp³-hybridized carbons (Fsp3) is 0.643. The highest BCUT2D eigenvalue weighted by atomic mass is 15.2. The first kappa shape index (κ1) is 13.1. The van der Waals surface area contributed by atoms with Crippen LogP contribution in [0, 0.1) is 5.92 Å². The topological polar surface area (TPSA) is 78.5 Å². The number of H-pyrrole nitrogens is 1. The maximum Gasteiger partial charge on any atom is 0.226 e. The van der Waals surface area contributed by atoms with Gasteiger partial charge in [-0.2, -0.15) is 9.97 Å². The van der Waals surface area contributed by atoms with Crippen molar-refractivity contribution in [3.05, 3.63) is 6.33 Å². The van der Waals surface area contributed by atoms with Crippen molar-refractivity contribution >= 4 is 22.9 Å². The van der Waals surface area contributed by atoms with Crippen LogP contribution in [-0.2, 0) is 0 Å². The molecule has 2 heterocycles. The Hall–Kier alpha value is -1.85. The maximum atomic E-state index is 4.46. The molecule has 0 aromatic carbocycles. The number of hydrogen-bond donors (Lipinski definition) is 3. The zero-order valence-electron chi connectivity index (χ0n) is 11.9. The lowest BCUT2D eigenvalue weighted by molar-refractivity contribution is 0.491. The van der Waals surface area contributed by atoms with Gasteiger partial charge in [-0.25, -0.2) is 4.98 Å². The lowest BCUT2D eigenvalue weighted by atomic mass is 10.0. The van der Waals surface area contributed by atoms with Crippen molar-refractivity contribution in [2.45, 2.75) is 38.5 Å². The predicted molar refractivity (Wildman–Crippen MR) is 80.9 cm³/mol. The van der Waals surface area contributed by atoms with Gasteiger partial charge in [0.05, 0.1) is 6.33 Å². The van der Waals surface area contributed by atoms with E-state index in [1.54, 1.807) is 6.33 Å². The molecule has 6 heteroatoms. The van der Waals surface area contributed by atoms with Crippen LogP contribution in [0.3, 0.4) is 0 Å². The van der Waals surface area contributed by atoms with Crippen LogP contribution in [0.25, 0.3) is 11.2 Å². The van der Waals surface area contributed by atoms with Crippen LogP contribution >= 0.6 is 0 Å². The molecule has 108 valence electrons. The summed E-state index contributed by atoms with van der Waals surface area (Å²) in [6.07, 6.45) is 9.85. The molecule has 2 aromatic rings. The van der Waals surface area contributed by atoms with Crippen LogP contribution in [0.1, 0.15) is 38.5 Å². The molecule has 3 N–H and O–H groups in total. The van der Waals surface area contributed by atoms with Crippen LogP contribution in [0.15, 0.2) is 6.33 Å². The Balaban J connectivity index is 1.59. The van der Waals surface area contributed by atoms with Gasteiger partial charge in [0.2, 0.25) is 5.95 Å². The normalized spacial score (nSPS) is 15.8. The van der Waals surface area contributed by atoms with Crippen molar-refractivity contribution in [3.63, 3.8) is 0 Å². The second kappa shape index (κ2) is 6.07. The van der Waals surface area contributed by atoms with Crippen LogP contribution in [0.2, 0.25) is 0 Å².